The molecular formula is C25H21ClN2O3. The number of para-hydroxylation sites is 1. The Morgan fingerprint density at radius 3 is 2.42 bits per heavy atom. The first-order valence-electron chi connectivity index (χ1n) is 9.88. The third-order valence-electron chi connectivity index (χ3n) is 4.81. The number of carbonyl (C=O) groups is 1. The van der Waals surface area contributed by atoms with Crippen LogP contribution in [0.3, 0.4) is 0 Å². The monoisotopic (exact) mass is 432 g/mol. The second-order valence-electron chi connectivity index (χ2n) is 6.75. The van der Waals surface area contributed by atoms with E-state index in [4.69, 9.17) is 21.1 Å². The van der Waals surface area contributed by atoms with E-state index in [2.05, 4.69) is 4.99 Å². The van der Waals surface area contributed by atoms with Gasteiger partial charge < -0.3 is 9.47 Å². The Hall–Kier alpha value is -3.57. The van der Waals surface area contributed by atoms with Crippen molar-refractivity contribution in [3.8, 4) is 11.5 Å². The number of halogens is 1. The molecule has 4 rings (SSSR count). The van der Waals surface area contributed by atoms with E-state index in [0.717, 1.165) is 11.3 Å². The van der Waals surface area contributed by atoms with Crippen LogP contribution in [-0.4, -0.2) is 25.5 Å². The molecule has 0 radical (unpaired) electrons. The summed E-state index contributed by atoms with van der Waals surface area (Å²) in [6.07, 6.45) is 1.73. The summed E-state index contributed by atoms with van der Waals surface area (Å²) in [5.74, 6) is 1.63. The van der Waals surface area contributed by atoms with Crippen LogP contribution in [0.4, 0.5) is 5.69 Å². The molecule has 0 fully saturated rings. The number of rotatable bonds is 6. The van der Waals surface area contributed by atoms with E-state index in [1.807, 2.05) is 73.7 Å². The fourth-order valence-electron chi connectivity index (χ4n) is 3.37. The maximum absolute atomic E-state index is 13.4. The molecule has 5 nitrogen and oxygen atoms in total. The number of nitrogens with zero attached hydrogens (tertiary/aromatic N) is 2. The lowest BCUT2D eigenvalue weighted by molar-refractivity contribution is -0.113. The van der Waals surface area contributed by atoms with Gasteiger partial charge in [-0.2, -0.15) is 0 Å². The summed E-state index contributed by atoms with van der Waals surface area (Å²) in [7, 11) is 1.60. The van der Waals surface area contributed by atoms with Crippen molar-refractivity contribution in [2.45, 2.75) is 6.92 Å². The van der Waals surface area contributed by atoms with Crippen LogP contribution in [0.5, 0.6) is 11.5 Å². The minimum atomic E-state index is -0.245. The van der Waals surface area contributed by atoms with Gasteiger partial charge in [-0.05, 0) is 55.5 Å². The molecule has 0 saturated heterocycles. The Bertz CT molecular complexity index is 1170. The molecule has 0 spiro atoms. The van der Waals surface area contributed by atoms with Crippen molar-refractivity contribution in [1.82, 2.24) is 0 Å². The van der Waals surface area contributed by atoms with Gasteiger partial charge in [0.25, 0.3) is 5.91 Å². The second-order valence-corrected chi connectivity index (χ2v) is 7.16. The summed E-state index contributed by atoms with van der Waals surface area (Å²) >= 11 is 6.45. The van der Waals surface area contributed by atoms with Crippen LogP contribution >= 0.6 is 11.6 Å². The van der Waals surface area contributed by atoms with Crippen molar-refractivity contribution in [1.29, 1.82) is 0 Å². The van der Waals surface area contributed by atoms with Crippen LogP contribution in [0, 0.1) is 0 Å². The molecule has 0 unspecified atom stereocenters. The largest absolute Gasteiger partial charge is 0.496 e. The van der Waals surface area contributed by atoms with Gasteiger partial charge in [0.05, 0.1) is 24.4 Å². The zero-order valence-electron chi connectivity index (χ0n) is 17.2. The molecule has 31 heavy (non-hydrogen) atoms. The number of anilines is 1. The number of carbonyl (C=O) groups excluding carboxylic acids is 1. The molecule has 0 saturated carbocycles. The predicted octanol–water partition coefficient (Wildman–Crippen LogP) is 5.58. The molecule has 1 heterocycles. The van der Waals surface area contributed by atoms with Gasteiger partial charge in [0.2, 0.25) is 0 Å². The highest BCUT2D eigenvalue weighted by molar-refractivity contribution is 6.39. The van der Waals surface area contributed by atoms with E-state index in [1.165, 1.54) is 0 Å². The van der Waals surface area contributed by atoms with Gasteiger partial charge in [-0.25, -0.2) is 4.99 Å². The third kappa shape index (κ3) is 4.18. The quantitative estimate of drug-likeness (QED) is 0.477. The molecule has 0 aliphatic carbocycles. The minimum Gasteiger partial charge on any atom is -0.496 e. The van der Waals surface area contributed by atoms with E-state index in [1.54, 1.807) is 24.2 Å². The normalized spacial score (nSPS) is 14.7. The lowest BCUT2D eigenvalue weighted by Crippen LogP contribution is -2.32. The van der Waals surface area contributed by atoms with E-state index in [-0.39, 0.29) is 5.91 Å². The summed E-state index contributed by atoms with van der Waals surface area (Å²) < 4.78 is 10.9. The maximum Gasteiger partial charge on any atom is 0.282 e. The molecule has 1 aliphatic heterocycles. The number of benzene rings is 3. The molecule has 0 N–H and O–H groups in total. The average Bonchev–Trinajstić information content (AvgIpc) is 3.11. The maximum atomic E-state index is 13.4. The van der Waals surface area contributed by atoms with E-state index in [9.17, 15) is 4.79 Å². The summed E-state index contributed by atoms with van der Waals surface area (Å²) in [6, 6.07) is 22.2. The van der Waals surface area contributed by atoms with Crippen molar-refractivity contribution in [2.24, 2.45) is 4.99 Å². The molecule has 3 aromatic rings. The van der Waals surface area contributed by atoms with E-state index < -0.39 is 0 Å². The van der Waals surface area contributed by atoms with Crippen LogP contribution in [0.15, 0.2) is 83.5 Å². The van der Waals surface area contributed by atoms with Gasteiger partial charge in [-0.1, -0.05) is 41.9 Å². The molecule has 0 aromatic heterocycles. The highest BCUT2D eigenvalue weighted by Gasteiger charge is 2.33. The standard InChI is InChI=1S/C25H21ClN2O3/c1-3-31-19-14-12-18(13-15-19)28-24(20-9-5-6-10-21(20)26)27-22(25(28)29)16-17-8-4-7-11-23(17)30-2/h4-16H,3H2,1-2H3/b22-16+. The first-order chi connectivity index (χ1) is 15.1. The van der Waals surface area contributed by atoms with Crippen LogP contribution in [0.2, 0.25) is 5.02 Å². The van der Waals surface area contributed by atoms with Crippen LogP contribution in [0.1, 0.15) is 18.1 Å². The molecule has 3 aromatic carbocycles. The van der Waals surface area contributed by atoms with Crippen molar-refractivity contribution < 1.29 is 14.3 Å². The molecule has 0 bridgehead atoms. The molecule has 1 amide bonds. The molecule has 1 aliphatic rings. The number of aliphatic imine (C=N–C) groups is 1. The Morgan fingerprint density at radius 2 is 1.71 bits per heavy atom. The minimum absolute atomic E-state index is 0.245. The molecule has 156 valence electrons. The van der Waals surface area contributed by atoms with Crippen LogP contribution in [-0.2, 0) is 4.79 Å². The number of amides is 1. The number of hydrogen-bond acceptors (Lipinski definition) is 4. The average molecular weight is 433 g/mol. The predicted molar refractivity (Wildman–Crippen MR) is 124 cm³/mol. The Morgan fingerprint density at radius 1 is 1.00 bits per heavy atom. The van der Waals surface area contributed by atoms with Gasteiger partial charge in [0.15, 0.2) is 0 Å². The summed E-state index contributed by atoms with van der Waals surface area (Å²) in [5, 5.41) is 0.517. The molecule has 6 heteroatoms. The third-order valence-corrected chi connectivity index (χ3v) is 5.14. The fraction of sp³-hybridized carbons (Fsp3) is 0.120. The summed E-state index contributed by atoms with van der Waals surface area (Å²) in [4.78, 5) is 19.7. The van der Waals surface area contributed by atoms with Gasteiger partial charge in [0.1, 0.15) is 23.0 Å². The molecule has 0 atom stereocenters. The first-order valence-corrected chi connectivity index (χ1v) is 10.3. The van der Waals surface area contributed by atoms with Crippen molar-refractivity contribution in [2.75, 3.05) is 18.6 Å². The lowest BCUT2D eigenvalue weighted by atomic mass is 10.1. The first kappa shape index (κ1) is 20.7. The van der Waals surface area contributed by atoms with Gasteiger partial charge >= 0.3 is 0 Å². The Kier molecular flexibility index (Phi) is 6.05. The smallest absolute Gasteiger partial charge is 0.282 e. The zero-order valence-corrected chi connectivity index (χ0v) is 18.0. The Labute approximate surface area is 186 Å². The number of amidine groups is 1. The highest BCUT2D eigenvalue weighted by Crippen LogP contribution is 2.32. The van der Waals surface area contributed by atoms with Crippen LogP contribution in [0.25, 0.3) is 6.08 Å². The van der Waals surface area contributed by atoms with Crippen molar-refractivity contribution in [3.63, 3.8) is 0 Å². The zero-order chi connectivity index (χ0) is 21.8. The van der Waals surface area contributed by atoms with Crippen LogP contribution < -0.4 is 14.4 Å². The van der Waals surface area contributed by atoms with Gasteiger partial charge in [-0.15, -0.1) is 0 Å². The number of ether oxygens (including phenoxy) is 2. The van der Waals surface area contributed by atoms with Gasteiger partial charge in [-0.3, -0.25) is 9.69 Å². The Balaban J connectivity index is 1.82. The van der Waals surface area contributed by atoms with E-state index in [0.29, 0.717) is 40.2 Å². The number of hydrogen-bond donors (Lipinski definition) is 0. The van der Waals surface area contributed by atoms with Crippen molar-refractivity contribution in [3.05, 3.63) is 94.6 Å². The topological polar surface area (TPSA) is 51.1 Å². The lowest BCUT2D eigenvalue weighted by Gasteiger charge is -2.19. The van der Waals surface area contributed by atoms with E-state index >= 15 is 0 Å². The summed E-state index contributed by atoms with van der Waals surface area (Å²) in [6.45, 7) is 2.50. The highest BCUT2D eigenvalue weighted by atomic mass is 35.5. The fourth-order valence-corrected chi connectivity index (χ4v) is 3.59. The summed E-state index contributed by atoms with van der Waals surface area (Å²) in [5.41, 5.74) is 2.42. The SMILES string of the molecule is CCOc1ccc(N2C(=O)/C(=C\c3ccccc3OC)N=C2c2ccccc2Cl)cc1. The number of methoxy groups -OCH3 is 1. The molecular weight excluding hydrogens is 412 g/mol. The second kappa shape index (κ2) is 9.06. The van der Waals surface area contributed by atoms with Gasteiger partial charge in [0, 0.05) is 11.1 Å². The van der Waals surface area contributed by atoms with Crippen molar-refractivity contribution >= 4 is 35.1 Å².